The first-order chi connectivity index (χ1) is 33.7. The van der Waals surface area contributed by atoms with Gasteiger partial charge in [-0.1, -0.05) is 218 Å². The van der Waals surface area contributed by atoms with Crippen molar-refractivity contribution in [1.29, 1.82) is 0 Å². The van der Waals surface area contributed by atoms with Crippen LogP contribution in [0.15, 0.2) is 231 Å². The quantitative estimate of drug-likeness (QED) is 0.152. The Balaban J connectivity index is 0.787. The van der Waals surface area contributed by atoms with Crippen LogP contribution in [0.2, 0.25) is 0 Å². The standard InChI is InChI=1S/C62H38N4S2/c1-3-11-39(12-4-1)41-23-31-47(32-24-41)57-55-51-15-7-9-17-53(51)67-61(55)66-60(63-57)50-37-29-46(30-38-50)44-21-19-43(20-22-44)45-25-33-48(34-26-45)58-56-52-16-8-10-18-54(52)68-62(56)65-59(64-58)49-35-27-42(28-36-49)40-13-5-2-6-14-40/h1-38H. The van der Waals surface area contributed by atoms with E-state index >= 15 is 0 Å². The minimum atomic E-state index is 0.722. The molecule has 0 saturated carbocycles. The fourth-order valence-electron chi connectivity index (χ4n) is 9.30. The van der Waals surface area contributed by atoms with Crippen molar-refractivity contribution in [2.45, 2.75) is 0 Å². The fraction of sp³-hybridized carbons (Fsp3) is 0. The van der Waals surface area contributed by atoms with Crippen LogP contribution in [0, 0.1) is 0 Å². The number of nitrogens with zero attached hydrogens (tertiary/aromatic N) is 4. The van der Waals surface area contributed by atoms with Gasteiger partial charge in [0.25, 0.3) is 0 Å². The average Bonchev–Trinajstić information content (AvgIpc) is 4.00. The van der Waals surface area contributed by atoms with E-state index in [4.69, 9.17) is 19.9 Å². The lowest BCUT2D eigenvalue weighted by atomic mass is 9.98. The molecule has 0 amide bonds. The molecular formula is C62H38N4S2. The van der Waals surface area contributed by atoms with Gasteiger partial charge in [0.1, 0.15) is 9.66 Å². The van der Waals surface area contributed by atoms with Gasteiger partial charge in [-0.15, -0.1) is 22.7 Å². The summed E-state index contributed by atoms with van der Waals surface area (Å²) >= 11 is 3.44. The van der Waals surface area contributed by atoms with Crippen LogP contribution in [-0.2, 0) is 0 Å². The van der Waals surface area contributed by atoms with Crippen LogP contribution in [-0.4, -0.2) is 19.9 Å². The highest BCUT2D eigenvalue weighted by atomic mass is 32.1. The predicted octanol–water partition coefficient (Wildman–Crippen LogP) is 17.3. The van der Waals surface area contributed by atoms with E-state index in [-0.39, 0.29) is 0 Å². The molecule has 13 aromatic rings. The number of thiophene rings is 2. The fourth-order valence-corrected chi connectivity index (χ4v) is 11.5. The summed E-state index contributed by atoms with van der Waals surface area (Å²) in [5, 5.41) is 4.57. The van der Waals surface area contributed by atoms with Crippen molar-refractivity contribution in [3.8, 4) is 89.8 Å². The van der Waals surface area contributed by atoms with Gasteiger partial charge in [0.2, 0.25) is 0 Å². The number of benzene rings is 9. The van der Waals surface area contributed by atoms with Crippen molar-refractivity contribution in [2.24, 2.45) is 0 Å². The third-order valence-electron chi connectivity index (χ3n) is 12.8. The summed E-state index contributed by atoms with van der Waals surface area (Å²) in [6.45, 7) is 0. The van der Waals surface area contributed by atoms with Crippen molar-refractivity contribution in [3.05, 3.63) is 231 Å². The zero-order valence-corrected chi connectivity index (χ0v) is 38.2. The summed E-state index contributed by atoms with van der Waals surface area (Å²) in [7, 11) is 0. The lowest BCUT2D eigenvalue weighted by Crippen LogP contribution is -1.94. The minimum Gasteiger partial charge on any atom is -0.227 e. The largest absolute Gasteiger partial charge is 0.227 e. The molecule has 4 nitrogen and oxygen atoms in total. The molecule has 0 radical (unpaired) electrons. The van der Waals surface area contributed by atoms with E-state index in [1.54, 1.807) is 22.7 Å². The molecule has 4 heterocycles. The van der Waals surface area contributed by atoms with Crippen molar-refractivity contribution in [2.75, 3.05) is 0 Å². The van der Waals surface area contributed by atoms with Gasteiger partial charge in [0, 0.05) is 53.2 Å². The van der Waals surface area contributed by atoms with Crippen LogP contribution in [0.5, 0.6) is 0 Å². The molecule has 0 aliphatic heterocycles. The molecule has 0 spiro atoms. The Hall–Kier alpha value is -8.42. The van der Waals surface area contributed by atoms with Crippen molar-refractivity contribution >= 4 is 63.3 Å². The highest BCUT2D eigenvalue weighted by Crippen LogP contribution is 2.42. The predicted molar refractivity (Wildman–Crippen MR) is 287 cm³/mol. The molecular weight excluding hydrogens is 865 g/mol. The Morgan fingerprint density at radius 3 is 0.824 bits per heavy atom. The molecule has 68 heavy (non-hydrogen) atoms. The van der Waals surface area contributed by atoms with Crippen LogP contribution in [0.3, 0.4) is 0 Å². The number of rotatable bonds is 8. The number of aromatic nitrogens is 4. The van der Waals surface area contributed by atoms with Crippen LogP contribution in [0.4, 0.5) is 0 Å². The molecule has 0 saturated heterocycles. The van der Waals surface area contributed by atoms with Crippen LogP contribution < -0.4 is 0 Å². The molecule has 0 atom stereocenters. The topological polar surface area (TPSA) is 51.6 Å². The summed E-state index contributed by atoms with van der Waals surface area (Å²) in [5.74, 6) is 1.45. The third-order valence-corrected chi connectivity index (χ3v) is 15.0. The SMILES string of the molecule is c1ccc(-c2ccc(-c3nc(-c4ccc(-c5ccc(-c6ccc(-c7nc(-c8ccc(-c9ccccc9)cc8)c8c(n7)sc7ccccc78)cc6)cc5)cc4)c4c(n3)sc3ccccc34)cc2)cc1. The van der Waals surface area contributed by atoms with Crippen molar-refractivity contribution in [3.63, 3.8) is 0 Å². The summed E-state index contributed by atoms with van der Waals surface area (Å²) in [6.07, 6.45) is 0. The molecule has 0 aliphatic rings. The number of fused-ring (bicyclic) bond motifs is 6. The van der Waals surface area contributed by atoms with E-state index in [0.29, 0.717) is 0 Å². The number of hydrogen-bond acceptors (Lipinski definition) is 6. The van der Waals surface area contributed by atoms with E-state index < -0.39 is 0 Å². The van der Waals surface area contributed by atoms with Crippen LogP contribution >= 0.6 is 22.7 Å². The summed E-state index contributed by atoms with van der Waals surface area (Å²) in [4.78, 5) is 22.8. The lowest BCUT2D eigenvalue weighted by Gasteiger charge is -2.10. The normalized spacial score (nSPS) is 11.5. The van der Waals surface area contributed by atoms with Crippen LogP contribution in [0.1, 0.15) is 0 Å². The summed E-state index contributed by atoms with van der Waals surface area (Å²) < 4.78 is 2.42. The molecule has 0 bridgehead atoms. The zero-order valence-electron chi connectivity index (χ0n) is 36.5. The second kappa shape index (κ2) is 16.8. The molecule has 13 rings (SSSR count). The van der Waals surface area contributed by atoms with Gasteiger partial charge < -0.3 is 0 Å². The maximum absolute atomic E-state index is 5.28. The van der Waals surface area contributed by atoms with Gasteiger partial charge in [0.15, 0.2) is 11.6 Å². The Morgan fingerprint density at radius 1 is 0.221 bits per heavy atom. The smallest absolute Gasteiger partial charge is 0.161 e. The zero-order chi connectivity index (χ0) is 45.0. The molecule has 9 aromatic carbocycles. The molecule has 0 fully saturated rings. The van der Waals surface area contributed by atoms with Gasteiger partial charge in [-0.2, -0.15) is 0 Å². The first-order valence-corrected chi connectivity index (χ1v) is 24.3. The van der Waals surface area contributed by atoms with Gasteiger partial charge in [-0.3, -0.25) is 0 Å². The molecule has 4 aromatic heterocycles. The molecule has 318 valence electrons. The van der Waals surface area contributed by atoms with Crippen molar-refractivity contribution < 1.29 is 0 Å². The molecule has 0 N–H and O–H groups in total. The Morgan fingerprint density at radius 2 is 0.485 bits per heavy atom. The van der Waals surface area contributed by atoms with E-state index in [2.05, 4.69) is 224 Å². The third kappa shape index (κ3) is 7.24. The maximum atomic E-state index is 5.28. The molecule has 6 heteroatoms. The summed E-state index contributed by atoms with van der Waals surface area (Å²) in [5.41, 5.74) is 15.3. The maximum Gasteiger partial charge on any atom is 0.161 e. The van der Waals surface area contributed by atoms with Gasteiger partial charge in [-0.05, 0) is 56.6 Å². The second-order valence-corrected chi connectivity index (χ2v) is 19.0. The Bertz CT molecular complexity index is 3960. The first kappa shape index (κ1) is 39.9. The van der Waals surface area contributed by atoms with Crippen molar-refractivity contribution in [1.82, 2.24) is 19.9 Å². The molecule has 0 unspecified atom stereocenters. The van der Waals surface area contributed by atoms with Gasteiger partial charge in [-0.25, -0.2) is 19.9 Å². The van der Waals surface area contributed by atoms with E-state index in [1.165, 1.54) is 42.4 Å². The Kier molecular flexibility index (Phi) is 9.85. The van der Waals surface area contributed by atoms with Gasteiger partial charge >= 0.3 is 0 Å². The minimum absolute atomic E-state index is 0.722. The van der Waals surface area contributed by atoms with E-state index in [0.717, 1.165) is 88.0 Å². The Labute approximate surface area is 401 Å². The van der Waals surface area contributed by atoms with Gasteiger partial charge in [0.05, 0.1) is 11.4 Å². The van der Waals surface area contributed by atoms with E-state index in [9.17, 15) is 0 Å². The number of hydrogen-bond donors (Lipinski definition) is 0. The first-order valence-electron chi connectivity index (χ1n) is 22.7. The second-order valence-electron chi connectivity index (χ2n) is 17.0. The monoisotopic (exact) mass is 902 g/mol. The summed E-state index contributed by atoms with van der Waals surface area (Å²) in [6, 6.07) is 81.6. The average molecular weight is 903 g/mol. The highest BCUT2D eigenvalue weighted by molar-refractivity contribution is 7.26. The highest BCUT2D eigenvalue weighted by Gasteiger charge is 2.19. The lowest BCUT2D eigenvalue weighted by molar-refractivity contribution is 1.24. The van der Waals surface area contributed by atoms with Crippen LogP contribution in [0.25, 0.3) is 130 Å². The molecule has 0 aliphatic carbocycles. The van der Waals surface area contributed by atoms with E-state index in [1.807, 2.05) is 6.07 Å².